The molecule has 1 aliphatic carbocycles. The SMILES string of the molecule is O=C(NCC(c1ccco1)N1CCCCC1)c1cc(C2CC2)nn1-c1ccccc1. The lowest BCUT2D eigenvalue weighted by Crippen LogP contribution is -2.40. The Kier molecular flexibility index (Phi) is 5.41. The molecular weight excluding hydrogens is 376 g/mol. The summed E-state index contributed by atoms with van der Waals surface area (Å²) in [4.78, 5) is 15.7. The Morgan fingerprint density at radius 3 is 2.60 bits per heavy atom. The standard InChI is InChI=1S/C24H28N4O2/c29-24(25-17-22(23-10-7-15-30-23)27-13-5-2-6-14-27)21-16-20(18-11-12-18)26-28(21)19-8-3-1-4-9-19/h1,3-4,7-10,15-16,18,22H,2,5-6,11-14,17H2,(H,25,29). The molecule has 2 aromatic heterocycles. The maximum absolute atomic E-state index is 13.2. The Labute approximate surface area is 176 Å². The van der Waals surface area contributed by atoms with E-state index in [0.717, 1.165) is 43.1 Å². The number of amides is 1. The summed E-state index contributed by atoms with van der Waals surface area (Å²) >= 11 is 0. The van der Waals surface area contributed by atoms with E-state index in [-0.39, 0.29) is 11.9 Å². The van der Waals surface area contributed by atoms with Gasteiger partial charge < -0.3 is 9.73 Å². The van der Waals surface area contributed by atoms with E-state index in [0.29, 0.717) is 18.2 Å². The van der Waals surface area contributed by atoms with Gasteiger partial charge >= 0.3 is 0 Å². The van der Waals surface area contributed by atoms with Crippen LogP contribution in [0.25, 0.3) is 5.69 Å². The second kappa shape index (κ2) is 8.48. The van der Waals surface area contributed by atoms with Crippen LogP contribution in [0.1, 0.15) is 66.0 Å². The van der Waals surface area contributed by atoms with Gasteiger partial charge in [0.25, 0.3) is 5.91 Å². The van der Waals surface area contributed by atoms with Crippen LogP contribution >= 0.6 is 0 Å². The van der Waals surface area contributed by atoms with Gasteiger partial charge in [-0.3, -0.25) is 9.69 Å². The smallest absolute Gasteiger partial charge is 0.270 e. The van der Waals surface area contributed by atoms with Gasteiger partial charge in [-0.05, 0) is 69.1 Å². The Balaban J connectivity index is 1.36. The molecular formula is C24H28N4O2. The normalized spacial score (nSPS) is 18.3. The van der Waals surface area contributed by atoms with Crippen LogP contribution in [0.4, 0.5) is 0 Å². The molecule has 1 unspecified atom stereocenters. The Morgan fingerprint density at radius 2 is 1.90 bits per heavy atom. The Bertz CT molecular complexity index is 970. The highest BCUT2D eigenvalue weighted by Crippen LogP contribution is 2.39. The van der Waals surface area contributed by atoms with Crippen LogP contribution < -0.4 is 5.32 Å². The summed E-state index contributed by atoms with van der Waals surface area (Å²) in [5, 5.41) is 7.92. The summed E-state index contributed by atoms with van der Waals surface area (Å²) in [7, 11) is 0. The summed E-state index contributed by atoms with van der Waals surface area (Å²) in [6.07, 6.45) is 7.67. The van der Waals surface area contributed by atoms with Gasteiger partial charge in [0.1, 0.15) is 11.5 Å². The van der Waals surface area contributed by atoms with E-state index in [1.165, 1.54) is 19.3 Å². The van der Waals surface area contributed by atoms with Crippen molar-refractivity contribution in [1.82, 2.24) is 20.0 Å². The minimum Gasteiger partial charge on any atom is -0.468 e. The van der Waals surface area contributed by atoms with Crippen molar-refractivity contribution in [2.45, 2.75) is 44.1 Å². The van der Waals surface area contributed by atoms with Gasteiger partial charge in [-0.1, -0.05) is 24.6 Å². The van der Waals surface area contributed by atoms with E-state index in [9.17, 15) is 4.79 Å². The number of piperidine rings is 1. The first-order valence-corrected chi connectivity index (χ1v) is 11.0. The van der Waals surface area contributed by atoms with Gasteiger partial charge in [0.15, 0.2) is 0 Å². The molecule has 1 saturated carbocycles. The topological polar surface area (TPSA) is 63.3 Å². The highest BCUT2D eigenvalue weighted by molar-refractivity contribution is 5.93. The number of benzene rings is 1. The highest BCUT2D eigenvalue weighted by Gasteiger charge is 2.30. The van der Waals surface area contributed by atoms with Gasteiger partial charge in [-0.15, -0.1) is 0 Å². The van der Waals surface area contributed by atoms with Crippen LogP contribution in [0.3, 0.4) is 0 Å². The zero-order chi connectivity index (χ0) is 20.3. The molecule has 0 spiro atoms. The number of rotatable bonds is 7. The second-order valence-electron chi connectivity index (χ2n) is 8.31. The van der Waals surface area contributed by atoms with Crippen LogP contribution in [0.15, 0.2) is 59.2 Å². The lowest BCUT2D eigenvalue weighted by atomic mass is 10.1. The summed E-state index contributed by atoms with van der Waals surface area (Å²) in [6, 6.07) is 15.8. The monoisotopic (exact) mass is 404 g/mol. The number of carbonyl (C=O) groups excluding carboxylic acids is 1. The predicted octanol–water partition coefficient (Wildman–Crippen LogP) is 4.30. The number of para-hydroxylation sites is 1. The molecule has 156 valence electrons. The summed E-state index contributed by atoms with van der Waals surface area (Å²) < 4.78 is 7.50. The molecule has 5 rings (SSSR count). The van der Waals surface area contributed by atoms with Crippen LogP contribution in [-0.4, -0.2) is 40.2 Å². The molecule has 2 fully saturated rings. The number of likely N-dealkylation sites (tertiary alicyclic amines) is 1. The van der Waals surface area contributed by atoms with Crippen molar-refractivity contribution < 1.29 is 9.21 Å². The second-order valence-corrected chi connectivity index (χ2v) is 8.31. The molecule has 0 radical (unpaired) electrons. The number of furan rings is 1. The van der Waals surface area contributed by atoms with Gasteiger partial charge in [-0.25, -0.2) is 4.68 Å². The quantitative estimate of drug-likeness (QED) is 0.638. The van der Waals surface area contributed by atoms with Crippen molar-refractivity contribution >= 4 is 5.91 Å². The van der Waals surface area contributed by atoms with E-state index in [1.54, 1.807) is 10.9 Å². The van der Waals surface area contributed by atoms with Crippen molar-refractivity contribution in [2.24, 2.45) is 0 Å². The van der Waals surface area contributed by atoms with E-state index < -0.39 is 0 Å². The molecule has 1 aromatic carbocycles. The van der Waals surface area contributed by atoms with E-state index in [2.05, 4.69) is 10.2 Å². The minimum atomic E-state index is -0.0909. The van der Waals surface area contributed by atoms with Crippen LogP contribution in [0.5, 0.6) is 0 Å². The van der Waals surface area contributed by atoms with E-state index in [1.807, 2.05) is 48.5 Å². The van der Waals surface area contributed by atoms with Crippen molar-refractivity contribution in [3.05, 3.63) is 71.9 Å². The molecule has 1 aliphatic heterocycles. The first kappa shape index (κ1) is 19.1. The fourth-order valence-corrected chi connectivity index (χ4v) is 4.31. The van der Waals surface area contributed by atoms with Crippen LogP contribution in [-0.2, 0) is 0 Å². The molecule has 0 bridgehead atoms. The van der Waals surface area contributed by atoms with Crippen LogP contribution in [0.2, 0.25) is 0 Å². The fraction of sp³-hybridized carbons (Fsp3) is 0.417. The molecule has 3 heterocycles. The molecule has 1 amide bonds. The maximum atomic E-state index is 13.2. The fourth-order valence-electron chi connectivity index (χ4n) is 4.31. The van der Waals surface area contributed by atoms with Gasteiger partial charge in [0.2, 0.25) is 0 Å². The number of nitrogens with zero attached hydrogens (tertiary/aromatic N) is 3. The zero-order valence-corrected chi connectivity index (χ0v) is 17.2. The van der Waals surface area contributed by atoms with Gasteiger partial charge in [0.05, 0.1) is 23.7 Å². The molecule has 6 heteroatoms. The minimum absolute atomic E-state index is 0.0558. The summed E-state index contributed by atoms with van der Waals surface area (Å²) in [5.74, 6) is 1.31. The number of hydrogen-bond acceptors (Lipinski definition) is 4. The number of aromatic nitrogens is 2. The average Bonchev–Trinajstić information content (AvgIpc) is 3.32. The summed E-state index contributed by atoms with van der Waals surface area (Å²) in [5.41, 5.74) is 2.52. The van der Waals surface area contributed by atoms with Crippen LogP contribution in [0, 0.1) is 0 Å². The molecule has 1 saturated heterocycles. The lowest BCUT2D eigenvalue weighted by molar-refractivity contribution is 0.0906. The van der Waals surface area contributed by atoms with E-state index >= 15 is 0 Å². The van der Waals surface area contributed by atoms with Crippen molar-refractivity contribution in [2.75, 3.05) is 19.6 Å². The largest absolute Gasteiger partial charge is 0.468 e. The number of nitrogens with one attached hydrogen (secondary N) is 1. The molecule has 6 nitrogen and oxygen atoms in total. The molecule has 3 aromatic rings. The zero-order valence-electron chi connectivity index (χ0n) is 17.2. The van der Waals surface area contributed by atoms with Gasteiger partial charge in [-0.2, -0.15) is 5.10 Å². The number of hydrogen-bond donors (Lipinski definition) is 1. The van der Waals surface area contributed by atoms with E-state index in [4.69, 9.17) is 9.52 Å². The predicted molar refractivity (Wildman–Crippen MR) is 115 cm³/mol. The van der Waals surface area contributed by atoms with Crippen molar-refractivity contribution in [3.63, 3.8) is 0 Å². The third kappa shape index (κ3) is 4.05. The van der Waals surface area contributed by atoms with Gasteiger partial charge in [0, 0.05) is 12.5 Å². The Morgan fingerprint density at radius 1 is 1.10 bits per heavy atom. The highest BCUT2D eigenvalue weighted by atomic mass is 16.3. The van der Waals surface area contributed by atoms with Crippen molar-refractivity contribution in [3.8, 4) is 5.69 Å². The third-order valence-corrected chi connectivity index (χ3v) is 6.12. The third-order valence-electron chi connectivity index (χ3n) is 6.12. The first-order valence-electron chi connectivity index (χ1n) is 11.0. The first-order chi connectivity index (χ1) is 14.8. The molecule has 1 atom stereocenters. The van der Waals surface area contributed by atoms with Crippen molar-refractivity contribution in [1.29, 1.82) is 0 Å². The molecule has 2 aliphatic rings. The molecule has 1 N–H and O–H groups in total. The lowest BCUT2D eigenvalue weighted by Gasteiger charge is -2.33. The maximum Gasteiger partial charge on any atom is 0.270 e. The number of carbonyl (C=O) groups is 1. The average molecular weight is 405 g/mol. The summed E-state index contributed by atoms with van der Waals surface area (Å²) in [6.45, 7) is 2.59. The molecule has 30 heavy (non-hydrogen) atoms. The Hall–Kier alpha value is -2.86.